The van der Waals surface area contributed by atoms with Crippen molar-refractivity contribution < 1.29 is 13.2 Å². The Morgan fingerprint density at radius 2 is 2.06 bits per heavy atom. The van der Waals surface area contributed by atoms with E-state index in [-0.39, 0.29) is 0 Å². The van der Waals surface area contributed by atoms with Gasteiger partial charge in [0.25, 0.3) is 0 Å². The van der Waals surface area contributed by atoms with E-state index in [1.54, 1.807) is 0 Å². The highest BCUT2D eigenvalue weighted by atomic mass is 19.4. The first-order valence-corrected chi connectivity index (χ1v) is 5.29. The van der Waals surface area contributed by atoms with Gasteiger partial charge in [0.1, 0.15) is 6.33 Å². The summed E-state index contributed by atoms with van der Waals surface area (Å²) in [7, 11) is 0. The summed E-state index contributed by atoms with van der Waals surface area (Å²) in [6.45, 7) is 0.395. The number of hydrogen-bond donors (Lipinski definition) is 1. The molecule has 96 valence electrons. The van der Waals surface area contributed by atoms with Crippen LogP contribution in [0.15, 0.2) is 30.6 Å². The Kier molecular flexibility index (Phi) is 3.33. The molecule has 0 amide bonds. The second-order valence-corrected chi connectivity index (χ2v) is 3.69. The largest absolute Gasteiger partial charge is 0.416 e. The third-order valence-electron chi connectivity index (χ3n) is 2.35. The number of benzene rings is 1. The molecule has 0 bridgehead atoms. The average Bonchev–Trinajstić information content (AvgIpc) is 2.77. The van der Waals surface area contributed by atoms with Gasteiger partial charge < -0.3 is 5.73 Å². The highest BCUT2D eigenvalue weighted by Gasteiger charge is 2.30. The molecule has 1 aromatic carbocycles. The molecule has 0 aliphatic carbocycles. The molecule has 2 N–H and O–H groups in total. The highest BCUT2D eigenvalue weighted by Crippen LogP contribution is 2.30. The smallest absolute Gasteiger partial charge is 0.330 e. The fourth-order valence-electron chi connectivity index (χ4n) is 1.49. The van der Waals surface area contributed by atoms with Gasteiger partial charge in [-0.05, 0) is 24.7 Å². The van der Waals surface area contributed by atoms with E-state index in [1.165, 1.54) is 23.1 Å². The number of aromatic nitrogens is 3. The zero-order chi connectivity index (χ0) is 13.2. The van der Waals surface area contributed by atoms with Crippen LogP contribution in [0.25, 0.3) is 5.69 Å². The second kappa shape index (κ2) is 4.77. The number of halogens is 3. The van der Waals surface area contributed by atoms with Crippen molar-refractivity contribution in [3.63, 3.8) is 0 Å². The summed E-state index contributed by atoms with van der Waals surface area (Å²) < 4.78 is 38.9. The molecule has 1 aromatic heterocycles. The Morgan fingerprint density at radius 1 is 1.28 bits per heavy atom. The van der Waals surface area contributed by atoms with E-state index < -0.39 is 11.7 Å². The van der Waals surface area contributed by atoms with Crippen molar-refractivity contribution in [2.45, 2.75) is 12.6 Å². The summed E-state index contributed by atoms with van der Waals surface area (Å²) in [6, 6.07) is 4.92. The van der Waals surface area contributed by atoms with Gasteiger partial charge in [-0.3, -0.25) is 0 Å². The lowest BCUT2D eigenvalue weighted by atomic mass is 10.2. The summed E-state index contributed by atoms with van der Waals surface area (Å²) in [5, 5.41) is 4.05. The molecular weight excluding hydrogens is 245 g/mol. The van der Waals surface area contributed by atoms with E-state index >= 15 is 0 Å². The highest BCUT2D eigenvalue weighted by molar-refractivity contribution is 5.36. The molecule has 2 aromatic rings. The SMILES string of the molecule is NCCc1ncn(-c2cccc(C(F)(F)F)c2)n1. The minimum Gasteiger partial charge on any atom is -0.330 e. The summed E-state index contributed by atoms with van der Waals surface area (Å²) >= 11 is 0. The molecule has 0 saturated heterocycles. The molecule has 0 spiro atoms. The van der Waals surface area contributed by atoms with Gasteiger partial charge in [-0.2, -0.15) is 18.3 Å². The first kappa shape index (κ1) is 12.6. The summed E-state index contributed by atoms with van der Waals surface area (Å²) in [5.74, 6) is 0.509. The van der Waals surface area contributed by atoms with Crippen LogP contribution in [0, 0.1) is 0 Å². The zero-order valence-corrected chi connectivity index (χ0v) is 9.35. The predicted octanol–water partition coefficient (Wildman–Crippen LogP) is 1.79. The van der Waals surface area contributed by atoms with E-state index in [2.05, 4.69) is 10.1 Å². The predicted molar refractivity (Wildman–Crippen MR) is 59.1 cm³/mol. The first-order chi connectivity index (χ1) is 8.50. The fraction of sp³-hybridized carbons (Fsp3) is 0.273. The van der Waals surface area contributed by atoms with Crippen LogP contribution in [0.2, 0.25) is 0 Å². The number of rotatable bonds is 3. The van der Waals surface area contributed by atoms with Gasteiger partial charge in [-0.15, -0.1) is 0 Å². The Balaban J connectivity index is 2.32. The molecule has 0 atom stereocenters. The van der Waals surface area contributed by atoms with Gasteiger partial charge in [0.2, 0.25) is 0 Å². The average molecular weight is 256 g/mol. The molecule has 4 nitrogen and oxygen atoms in total. The molecule has 18 heavy (non-hydrogen) atoms. The molecule has 0 fully saturated rings. The normalized spacial score (nSPS) is 11.8. The summed E-state index contributed by atoms with van der Waals surface area (Å²) in [6.07, 6.45) is -2.50. The van der Waals surface area contributed by atoms with Gasteiger partial charge in [0.05, 0.1) is 11.3 Å². The summed E-state index contributed by atoms with van der Waals surface area (Å²) in [4.78, 5) is 3.96. The maximum Gasteiger partial charge on any atom is 0.416 e. The molecule has 0 radical (unpaired) electrons. The number of hydrogen-bond acceptors (Lipinski definition) is 3. The molecule has 7 heteroatoms. The molecule has 0 aliphatic rings. The minimum absolute atomic E-state index is 0.320. The van der Waals surface area contributed by atoms with Crippen molar-refractivity contribution in [3.05, 3.63) is 42.0 Å². The monoisotopic (exact) mass is 256 g/mol. The minimum atomic E-state index is -4.36. The molecular formula is C11H11F3N4. The van der Waals surface area contributed by atoms with Gasteiger partial charge in [-0.1, -0.05) is 6.07 Å². The maximum atomic E-state index is 12.5. The molecule has 0 saturated carbocycles. The van der Waals surface area contributed by atoms with Crippen LogP contribution in [-0.2, 0) is 12.6 Å². The van der Waals surface area contributed by atoms with Crippen molar-refractivity contribution in [3.8, 4) is 5.69 Å². The number of nitrogens with two attached hydrogens (primary N) is 1. The van der Waals surface area contributed by atoms with Crippen molar-refractivity contribution in [2.75, 3.05) is 6.54 Å². The van der Waals surface area contributed by atoms with Crippen molar-refractivity contribution in [2.24, 2.45) is 5.73 Å². The Hall–Kier alpha value is -1.89. The Labute approximate surface area is 101 Å². The lowest BCUT2D eigenvalue weighted by molar-refractivity contribution is -0.137. The molecule has 0 unspecified atom stereocenters. The quantitative estimate of drug-likeness (QED) is 0.910. The standard InChI is InChI=1S/C11H11F3N4/c12-11(13,14)8-2-1-3-9(6-8)18-7-16-10(17-18)4-5-15/h1-3,6-7H,4-5,15H2. The summed E-state index contributed by atoms with van der Waals surface area (Å²) in [5.41, 5.74) is 4.96. The first-order valence-electron chi connectivity index (χ1n) is 5.29. The van der Waals surface area contributed by atoms with Crippen molar-refractivity contribution in [1.29, 1.82) is 0 Å². The van der Waals surface area contributed by atoms with Crippen molar-refractivity contribution in [1.82, 2.24) is 14.8 Å². The van der Waals surface area contributed by atoms with Crippen LogP contribution in [0.5, 0.6) is 0 Å². The number of nitrogens with zero attached hydrogens (tertiary/aromatic N) is 3. The number of alkyl halides is 3. The van der Waals surface area contributed by atoms with E-state index in [0.717, 1.165) is 12.1 Å². The van der Waals surface area contributed by atoms with E-state index in [0.29, 0.717) is 24.5 Å². The fourth-order valence-corrected chi connectivity index (χ4v) is 1.49. The van der Waals surface area contributed by atoms with Crippen LogP contribution in [-0.4, -0.2) is 21.3 Å². The van der Waals surface area contributed by atoms with Crippen LogP contribution in [0.3, 0.4) is 0 Å². The van der Waals surface area contributed by atoms with Crippen molar-refractivity contribution >= 4 is 0 Å². The van der Waals surface area contributed by atoms with Crippen LogP contribution < -0.4 is 5.73 Å². The maximum absolute atomic E-state index is 12.5. The van der Waals surface area contributed by atoms with Gasteiger partial charge in [0.15, 0.2) is 5.82 Å². The Bertz CT molecular complexity index is 533. The molecule has 0 aliphatic heterocycles. The Morgan fingerprint density at radius 3 is 2.72 bits per heavy atom. The van der Waals surface area contributed by atoms with Gasteiger partial charge >= 0.3 is 6.18 Å². The third-order valence-corrected chi connectivity index (χ3v) is 2.35. The third kappa shape index (κ3) is 2.67. The van der Waals surface area contributed by atoms with Crippen LogP contribution in [0.1, 0.15) is 11.4 Å². The van der Waals surface area contributed by atoms with Crippen LogP contribution in [0.4, 0.5) is 13.2 Å². The lowest BCUT2D eigenvalue weighted by Gasteiger charge is -2.08. The van der Waals surface area contributed by atoms with E-state index in [4.69, 9.17) is 5.73 Å². The zero-order valence-electron chi connectivity index (χ0n) is 9.35. The van der Waals surface area contributed by atoms with Gasteiger partial charge in [-0.25, -0.2) is 9.67 Å². The topological polar surface area (TPSA) is 56.7 Å². The van der Waals surface area contributed by atoms with Crippen LogP contribution >= 0.6 is 0 Å². The van der Waals surface area contributed by atoms with E-state index in [1.807, 2.05) is 0 Å². The van der Waals surface area contributed by atoms with E-state index in [9.17, 15) is 13.2 Å². The molecule has 1 heterocycles. The van der Waals surface area contributed by atoms with Gasteiger partial charge in [0, 0.05) is 6.42 Å². The second-order valence-electron chi connectivity index (χ2n) is 3.69. The lowest BCUT2D eigenvalue weighted by Crippen LogP contribution is -2.07. The molecule has 2 rings (SSSR count).